The molecule has 0 amide bonds. The third-order valence-corrected chi connectivity index (χ3v) is 1.63. The van der Waals surface area contributed by atoms with Crippen molar-refractivity contribution in [2.45, 2.75) is 52.9 Å². The Balaban J connectivity index is 4.21. The fourth-order valence-corrected chi connectivity index (χ4v) is 1.51. The van der Waals surface area contributed by atoms with Gasteiger partial charge in [0.2, 0.25) is 0 Å². The van der Waals surface area contributed by atoms with Crippen LogP contribution in [0.1, 0.15) is 41.0 Å². The molecule has 0 spiro atoms. The number of hydrogen-bond acceptors (Lipinski definition) is 2. The van der Waals surface area contributed by atoms with E-state index in [9.17, 15) is 5.11 Å². The van der Waals surface area contributed by atoms with Gasteiger partial charge in [-0.05, 0) is 47.1 Å². The first-order chi connectivity index (χ1) is 6.23. The molecule has 0 aromatic carbocycles. The maximum atomic E-state index is 9.84. The lowest BCUT2D eigenvalue weighted by molar-refractivity contribution is -0.179. The van der Waals surface area contributed by atoms with E-state index in [1.54, 1.807) is 13.0 Å². The van der Waals surface area contributed by atoms with E-state index >= 15 is 0 Å². The molecule has 0 bridgehead atoms. The molecule has 0 aliphatic heterocycles. The molecule has 0 aromatic heterocycles. The van der Waals surface area contributed by atoms with Gasteiger partial charge in [0.05, 0.1) is 6.10 Å². The molecule has 0 saturated carbocycles. The van der Waals surface area contributed by atoms with E-state index in [0.29, 0.717) is 0 Å². The topological polar surface area (TPSA) is 29.5 Å². The van der Waals surface area contributed by atoms with Gasteiger partial charge in [0.1, 0.15) is 0 Å². The zero-order valence-electron chi connectivity index (χ0n) is 9.92. The Kier molecular flexibility index (Phi) is 5.09. The van der Waals surface area contributed by atoms with E-state index in [1.165, 1.54) is 0 Å². The highest BCUT2D eigenvalue weighted by Gasteiger charge is 2.20. The quantitative estimate of drug-likeness (QED) is 0.543. The molecule has 0 aliphatic carbocycles. The van der Waals surface area contributed by atoms with Crippen molar-refractivity contribution in [3.05, 3.63) is 23.8 Å². The van der Waals surface area contributed by atoms with E-state index in [4.69, 9.17) is 4.74 Å². The van der Waals surface area contributed by atoms with Crippen molar-refractivity contribution in [3.63, 3.8) is 0 Å². The minimum atomic E-state index is -1.17. The first-order valence-electron chi connectivity index (χ1n) is 4.93. The van der Waals surface area contributed by atoms with Gasteiger partial charge in [0.25, 0.3) is 0 Å². The second kappa shape index (κ2) is 5.32. The van der Waals surface area contributed by atoms with E-state index in [0.717, 1.165) is 17.6 Å². The van der Waals surface area contributed by atoms with Gasteiger partial charge in [0, 0.05) is 0 Å². The highest BCUT2D eigenvalue weighted by molar-refractivity contribution is 5.01. The molecule has 2 nitrogen and oxygen atoms in total. The minimum absolute atomic E-state index is 0.0156. The predicted molar refractivity (Wildman–Crippen MR) is 60.0 cm³/mol. The van der Waals surface area contributed by atoms with Crippen molar-refractivity contribution in [3.8, 4) is 0 Å². The van der Waals surface area contributed by atoms with Crippen LogP contribution in [0.15, 0.2) is 23.8 Å². The summed E-state index contributed by atoms with van der Waals surface area (Å²) in [6.45, 7) is 13.2. The summed E-state index contributed by atoms with van der Waals surface area (Å²) in [6, 6.07) is 0. The fourth-order valence-electron chi connectivity index (χ4n) is 1.51. The first kappa shape index (κ1) is 13.4. The number of allylic oxidation sites excluding steroid dienone is 1. The van der Waals surface area contributed by atoms with Gasteiger partial charge in [-0.15, -0.1) is 6.58 Å². The second-order valence-corrected chi connectivity index (χ2v) is 4.37. The Morgan fingerprint density at radius 2 is 2.00 bits per heavy atom. The SMILES string of the molecule is C=C(C)CC(C)OC(C)(O)C=C(C)C. The van der Waals surface area contributed by atoms with Crippen LogP contribution in [-0.2, 0) is 4.74 Å². The van der Waals surface area contributed by atoms with Crippen LogP contribution >= 0.6 is 0 Å². The number of ether oxygens (including phenoxy) is 1. The summed E-state index contributed by atoms with van der Waals surface area (Å²) in [6.07, 6.45) is 2.47. The molecule has 0 rings (SSSR count). The number of rotatable bonds is 5. The van der Waals surface area contributed by atoms with Crippen molar-refractivity contribution < 1.29 is 9.84 Å². The lowest BCUT2D eigenvalue weighted by Crippen LogP contribution is -2.30. The largest absolute Gasteiger partial charge is 0.362 e. The first-order valence-corrected chi connectivity index (χ1v) is 4.93. The van der Waals surface area contributed by atoms with Crippen LogP contribution in [0.5, 0.6) is 0 Å². The molecule has 2 atom stereocenters. The summed E-state index contributed by atoms with van der Waals surface area (Å²) >= 11 is 0. The molecule has 1 N–H and O–H groups in total. The van der Waals surface area contributed by atoms with Gasteiger partial charge in [-0.2, -0.15) is 0 Å². The Bertz CT molecular complexity index is 222. The lowest BCUT2D eigenvalue weighted by atomic mass is 10.1. The Hall–Kier alpha value is -0.600. The molecular formula is C12H22O2. The van der Waals surface area contributed by atoms with Crippen molar-refractivity contribution >= 4 is 0 Å². The van der Waals surface area contributed by atoms with Gasteiger partial charge in [-0.25, -0.2) is 0 Å². The molecule has 0 aromatic rings. The monoisotopic (exact) mass is 198 g/mol. The average Bonchev–Trinajstić information content (AvgIpc) is 1.77. The Labute approximate surface area is 87.3 Å². The van der Waals surface area contributed by atoms with Crippen molar-refractivity contribution in [1.29, 1.82) is 0 Å². The third-order valence-electron chi connectivity index (χ3n) is 1.63. The van der Waals surface area contributed by atoms with Crippen LogP contribution in [0.25, 0.3) is 0 Å². The fraction of sp³-hybridized carbons (Fsp3) is 0.667. The molecule has 0 fully saturated rings. The van der Waals surface area contributed by atoms with E-state index in [1.807, 2.05) is 27.7 Å². The molecule has 2 unspecified atom stereocenters. The van der Waals surface area contributed by atoms with Crippen LogP contribution < -0.4 is 0 Å². The second-order valence-electron chi connectivity index (χ2n) is 4.37. The van der Waals surface area contributed by atoms with Crippen LogP contribution in [0.4, 0.5) is 0 Å². The molecule has 0 saturated heterocycles. The summed E-state index contributed by atoms with van der Waals surface area (Å²) in [4.78, 5) is 0. The maximum Gasteiger partial charge on any atom is 0.182 e. The average molecular weight is 198 g/mol. The number of hydrogen-bond donors (Lipinski definition) is 1. The lowest BCUT2D eigenvalue weighted by Gasteiger charge is -2.25. The standard InChI is InChI=1S/C12H22O2/c1-9(2)7-11(5)14-12(6,13)8-10(3)4/h8,11,13H,1,7H2,2-6H3. The van der Waals surface area contributed by atoms with Gasteiger partial charge in [0.15, 0.2) is 5.79 Å². The summed E-state index contributed by atoms with van der Waals surface area (Å²) in [5.74, 6) is -1.17. The molecule has 0 aliphatic rings. The van der Waals surface area contributed by atoms with Crippen LogP contribution in [0.2, 0.25) is 0 Å². The van der Waals surface area contributed by atoms with E-state index < -0.39 is 5.79 Å². The minimum Gasteiger partial charge on any atom is -0.362 e. The molecule has 14 heavy (non-hydrogen) atoms. The third kappa shape index (κ3) is 6.87. The van der Waals surface area contributed by atoms with Gasteiger partial charge in [-0.1, -0.05) is 11.1 Å². The van der Waals surface area contributed by atoms with Crippen LogP contribution in [0, 0.1) is 0 Å². The van der Waals surface area contributed by atoms with E-state index in [2.05, 4.69) is 6.58 Å². The molecular weight excluding hydrogens is 176 g/mol. The predicted octanol–water partition coefficient (Wildman–Crippen LogP) is 3.03. The van der Waals surface area contributed by atoms with Gasteiger partial charge in [-0.3, -0.25) is 0 Å². The maximum absolute atomic E-state index is 9.84. The number of aliphatic hydroxyl groups is 1. The van der Waals surface area contributed by atoms with Crippen molar-refractivity contribution in [2.24, 2.45) is 0 Å². The Morgan fingerprint density at radius 3 is 2.36 bits per heavy atom. The zero-order chi connectivity index (χ0) is 11.4. The van der Waals surface area contributed by atoms with Crippen LogP contribution in [-0.4, -0.2) is 17.0 Å². The zero-order valence-corrected chi connectivity index (χ0v) is 9.92. The summed E-state index contributed by atoms with van der Waals surface area (Å²) in [5, 5.41) is 9.84. The van der Waals surface area contributed by atoms with Crippen LogP contribution in [0.3, 0.4) is 0 Å². The van der Waals surface area contributed by atoms with Gasteiger partial charge < -0.3 is 9.84 Å². The smallest absolute Gasteiger partial charge is 0.182 e. The summed E-state index contributed by atoms with van der Waals surface area (Å²) < 4.78 is 5.48. The summed E-state index contributed by atoms with van der Waals surface area (Å²) in [7, 11) is 0. The molecule has 0 radical (unpaired) electrons. The normalized spacial score (nSPS) is 17.0. The summed E-state index contributed by atoms with van der Waals surface area (Å²) in [5.41, 5.74) is 2.10. The highest BCUT2D eigenvalue weighted by Crippen LogP contribution is 2.16. The van der Waals surface area contributed by atoms with Crippen molar-refractivity contribution in [1.82, 2.24) is 0 Å². The Morgan fingerprint density at radius 1 is 1.50 bits per heavy atom. The molecule has 0 heterocycles. The van der Waals surface area contributed by atoms with Gasteiger partial charge >= 0.3 is 0 Å². The van der Waals surface area contributed by atoms with E-state index in [-0.39, 0.29) is 6.10 Å². The molecule has 2 heteroatoms. The highest BCUT2D eigenvalue weighted by atomic mass is 16.6. The molecule has 82 valence electrons. The van der Waals surface area contributed by atoms with Crippen molar-refractivity contribution in [2.75, 3.05) is 0 Å².